The highest BCUT2D eigenvalue weighted by molar-refractivity contribution is 6.36. The third-order valence-corrected chi connectivity index (χ3v) is 6.28. The average Bonchev–Trinajstić information content (AvgIpc) is 3.58. The third-order valence-electron chi connectivity index (χ3n) is 6.04. The summed E-state index contributed by atoms with van der Waals surface area (Å²) in [6, 6.07) is 13.2. The number of rotatable bonds is 7. The Morgan fingerprint density at radius 1 is 1.28 bits per heavy atom. The first-order valence-electron chi connectivity index (χ1n) is 11.3. The van der Waals surface area contributed by atoms with Crippen LogP contribution in [0.2, 0.25) is 5.02 Å². The molecular weight excluding hydrogens is 480 g/mol. The number of anilines is 1. The summed E-state index contributed by atoms with van der Waals surface area (Å²) in [6.45, 7) is 2.08. The van der Waals surface area contributed by atoms with Crippen LogP contribution in [0, 0.1) is 6.92 Å². The molecular formula is C26H23ClN6O3. The zero-order valence-corrected chi connectivity index (χ0v) is 20.1. The smallest absolute Gasteiger partial charge is 0.256 e. The first-order chi connectivity index (χ1) is 17.4. The number of carbonyl (C=O) groups is 2. The summed E-state index contributed by atoms with van der Waals surface area (Å²) in [4.78, 5) is 28.8. The summed E-state index contributed by atoms with van der Waals surface area (Å²) >= 11 is 6.21. The van der Waals surface area contributed by atoms with Gasteiger partial charge in [0, 0.05) is 40.9 Å². The molecule has 36 heavy (non-hydrogen) atoms. The standard InChI is InChI=1S/C26H23ClN6O3/c1-15-21(25(35)29-12-18(34)14-33-9-8-30-32-33)13-28-23(15)11-20-24-19(16-4-2-5-17(27)10-16)6-3-7-22(24)31-26(20)36/h2-11,13,18,28,34H,12,14H2,1H3,(H,29,35)(H,31,36). The van der Waals surface area contributed by atoms with Crippen LogP contribution in [0.3, 0.4) is 0 Å². The van der Waals surface area contributed by atoms with Gasteiger partial charge in [-0.1, -0.05) is 41.1 Å². The molecule has 0 fully saturated rings. The van der Waals surface area contributed by atoms with Gasteiger partial charge in [-0.05, 0) is 47.9 Å². The normalized spacial score (nSPS) is 14.5. The predicted molar refractivity (Wildman–Crippen MR) is 137 cm³/mol. The molecule has 1 unspecified atom stereocenters. The molecule has 0 spiro atoms. The van der Waals surface area contributed by atoms with Crippen LogP contribution >= 0.6 is 11.6 Å². The largest absolute Gasteiger partial charge is 0.389 e. The molecule has 4 aromatic rings. The van der Waals surface area contributed by atoms with E-state index in [4.69, 9.17) is 11.6 Å². The Morgan fingerprint density at radius 2 is 2.11 bits per heavy atom. The van der Waals surface area contributed by atoms with Crippen LogP contribution < -0.4 is 10.6 Å². The molecule has 182 valence electrons. The first kappa shape index (κ1) is 23.5. The van der Waals surface area contributed by atoms with Crippen molar-refractivity contribution in [3.63, 3.8) is 0 Å². The van der Waals surface area contributed by atoms with Gasteiger partial charge < -0.3 is 20.7 Å². The average molecular weight is 503 g/mol. The minimum atomic E-state index is -0.819. The first-order valence-corrected chi connectivity index (χ1v) is 11.7. The lowest BCUT2D eigenvalue weighted by Crippen LogP contribution is -2.34. The molecule has 10 heteroatoms. The van der Waals surface area contributed by atoms with Crippen molar-refractivity contribution >= 4 is 40.8 Å². The second-order valence-electron chi connectivity index (χ2n) is 8.48. The van der Waals surface area contributed by atoms with E-state index in [9.17, 15) is 14.7 Å². The number of hydrogen-bond donors (Lipinski definition) is 4. The van der Waals surface area contributed by atoms with E-state index in [0.717, 1.165) is 16.7 Å². The maximum atomic E-state index is 12.9. The van der Waals surface area contributed by atoms with Gasteiger partial charge >= 0.3 is 0 Å². The molecule has 0 aliphatic carbocycles. The minimum Gasteiger partial charge on any atom is -0.389 e. The zero-order valence-electron chi connectivity index (χ0n) is 19.3. The number of halogens is 1. The highest BCUT2D eigenvalue weighted by Gasteiger charge is 2.28. The van der Waals surface area contributed by atoms with Crippen molar-refractivity contribution in [2.24, 2.45) is 0 Å². The monoisotopic (exact) mass is 502 g/mol. The molecule has 5 rings (SSSR count). The van der Waals surface area contributed by atoms with E-state index in [1.165, 1.54) is 10.9 Å². The number of aliphatic hydroxyl groups is 1. The zero-order chi connectivity index (χ0) is 25.2. The summed E-state index contributed by atoms with van der Waals surface area (Å²) < 4.78 is 1.49. The number of aromatic nitrogens is 4. The van der Waals surface area contributed by atoms with Crippen molar-refractivity contribution in [3.05, 3.63) is 88.5 Å². The number of aromatic amines is 1. The van der Waals surface area contributed by atoms with E-state index in [-0.39, 0.29) is 24.9 Å². The van der Waals surface area contributed by atoms with Gasteiger partial charge in [-0.3, -0.25) is 9.59 Å². The number of aliphatic hydroxyl groups excluding tert-OH is 1. The molecule has 9 nitrogen and oxygen atoms in total. The molecule has 0 radical (unpaired) electrons. The van der Waals surface area contributed by atoms with E-state index in [1.54, 1.807) is 31.5 Å². The van der Waals surface area contributed by atoms with Crippen molar-refractivity contribution in [2.45, 2.75) is 19.6 Å². The maximum Gasteiger partial charge on any atom is 0.256 e. The highest BCUT2D eigenvalue weighted by atomic mass is 35.5. The number of hydrogen-bond acceptors (Lipinski definition) is 5. The Bertz CT molecular complexity index is 1470. The van der Waals surface area contributed by atoms with Gasteiger partial charge in [-0.25, -0.2) is 4.68 Å². The van der Waals surface area contributed by atoms with Crippen molar-refractivity contribution in [1.29, 1.82) is 0 Å². The predicted octanol–water partition coefficient (Wildman–Crippen LogP) is 3.52. The Kier molecular flexibility index (Phi) is 6.41. The third kappa shape index (κ3) is 4.66. The fourth-order valence-corrected chi connectivity index (χ4v) is 4.43. The van der Waals surface area contributed by atoms with Crippen molar-refractivity contribution in [2.75, 3.05) is 11.9 Å². The Morgan fingerprint density at radius 3 is 2.89 bits per heavy atom. The second kappa shape index (κ2) is 9.80. The van der Waals surface area contributed by atoms with Crippen LogP contribution in [-0.2, 0) is 11.3 Å². The molecule has 2 amide bonds. The summed E-state index contributed by atoms with van der Waals surface area (Å²) in [5, 5.41) is 23.9. The van der Waals surface area contributed by atoms with E-state index in [2.05, 4.69) is 25.9 Å². The van der Waals surface area contributed by atoms with Gasteiger partial charge in [0.2, 0.25) is 0 Å². The number of carbonyl (C=O) groups excluding carboxylic acids is 2. The van der Waals surface area contributed by atoms with Crippen molar-refractivity contribution in [3.8, 4) is 11.1 Å². The van der Waals surface area contributed by atoms with Crippen LogP contribution in [0.1, 0.15) is 27.2 Å². The van der Waals surface area contributed by atoms with Crippen LogP contribution in [0.15, 0.2) is 61.1 Å². The molecule has 2 aromatic heterocycles. The lowest BCUT2D eigenvalue weighted by molar-refractivity contribution is -0.110. The van der Waals surface area contributed by atoms with Crippen LogP contribution in [-0.4, -0.2) is 49.5 Å². The fourth-order valence-electron chi connectivity index (χ4n) is 4.24. The Balaban J connectivity index is 1.39. The number of amides is 2. The van der Waals surface area contributed by atoms with E-state index < -0.39 is 6.10 Å². The summed E-state index contributed by atoms with van der Waals surface area (Å²) in [5.41, 5.74) is 5.51. The van der Waals surface area contributed by atoms with Crippen molar-refractivity contribution in [1.82, 2.24) is 25.3 Å². The van der Waals surface area contributed by atoms with Gasteiger partial charge in [-0.15, -0.1) is 5.10 Å². The lowest BCUT2D eigenvalue weighted by Gasteiger charge is -2.11. The molecule has 1 atom stereocenters. The van der Waals surface area contributed by atoms with Gasteiger partial charge in [-0.2, -0.15) is 0 Å². The SMILES string of the molecule is Cc1c(C(=O)NCC(O)Cn2ccnn2)c[nH]c1C=C1C(=O)Nc2cccc(-c3cccc(Cl)c3)c21. The van der Waals surface area contributed by atoms with Gasteiger partial charge in [0.1, 0.15) is 0 Å². The molecule has 0 saturated heterocycles. The number of benzene rings is 2. The molecule has 1 aliphatic rings. The summed E-state index contributed by atoms with van der Waals surface area (Å²) in [7, 11) is 0. The fraction of sp³-hybridized carbons (Fsp3) is 0.154. The van der Waals surface area contributed by atoms with Gasteiger partial charge in [0.25, 0.3) is 11.8 Å². The van der Waals surface area contributed by atoms with Crippen LogP contribution in [0.4, 0.5) is 5.69 Å². The Labute approximate surface area is 211 Å². The van der Waals surface area contributed by atoms with E-state index >= 15 is 0 Å². The maximum absolute atomic E-state index is 12.9. The van der Waals surface area contributed by atoms with Gasteiger partial charge in [0.05, 0.1) is 30.0 Å². The lowest BCUT2D eigenvalue weighted by atomic mass is 9.94. The molecule has 0 bridgehead atoms. The highest BCUT2D eigenvalue weighted by Crippen LogP contribution is 2.41. The molecule has 2 aromatic carbocycles. The molecule has 3 heterocycles. The molecule has 0 saturated carbocycles. The number of H-pyrrole nitrogens is 1. The summed E-state index contributed by atoms with van der Waals surface area (Å²) in [6.07, 6.45) is 5.68. The minimum absolute atomic E-state index is 0.0541. The number of nitrogens with one attached hydrogen (secondary N) is 3. The second-order valence-corrected chi connectivity index (χ2v) is 8.92. The Hall–Kier alpha value is -4.21. The van der Waals surface area contributed by atoms with Crippen molar-refractivity contribution < 1.29 is 14.7 Å². The molecule has 1 aliphatic heterocycles. The number of nitrogens with zero attached hydrogens (tertiary/aromatic N) is 3. The summed E-state index contributed by atoms with van der Waals surface area (Å²) in [5.74, 6) is -0.558. The van der Waals surface area contributed by atoms with E-state index in [1.807, 2.05) is 36.4 Å². The molecule has 4 N–H and O–H groups in total. The van der Waals surface area contributed by atoms with Crippen LogP contribution in [0.5, 0.6) is 0 Å². The quantitative estimate of drug-likeness (QED) is 0.288. The van der Waals surface area contributed by atoms with E-state index in [0.29, 0.717) is 33.1 Å². The number of fused-ring (bicyclic) bond motifs is 1. The van der Waals surface area contributed by atoms with Gasteiger partial charge in [0.15, 0.2) is 0 Å². The van der Waals surface area contributed by atoms with Crippen LogP contribution in [0.25, 0.3) is 22.8 Å². The topological polar surface area (TPSA) is 125 Å².